The first-order valence-electron chi connectivity index (χ1n) is 13.9. The molecule has 14 heteroatoms. The molecule has 3 aliphatic heterocycles. The summed E-state index contributed by atoms with van der Waals surface area (Å²) in [5.41, 5.74) is 1.46. The van der Waals surface area contributed by atoms with Gasteiger partial charge in [-0.25, -0.2) is 8.78 Å². The molecule has 0 amide bonds. The summed E-state index contributed by atoms with van der Waals surface area (Å²) >= 11 is 5.92. The number of alkyl halides is 4. The molecule has 42 heavy (non-hydrogen) atoms. The Labute approximate surface area is 242 Å². The third-order valence-corrected chi connectivity index (χ3v) is 9.54. The van der Waals surface area contributed by atoms with Gasteiger partial charge in [-0.2, -0.15) is 23.1 Å². The Hall–Kier alpha value is -3.03. The summed E-state index contributed by atoms with van der Waals surface area (Å²) in [4.78, 5) is 16.8. The summed E-state index contributed by atoms with van der Waals surface area (Å²) in [5, 5.41) is 10.3. The highest BCUT2D eigenvalue weighted by Gasteiger charge is 2.56. The third-order valence-electron chi connectivity index (χ3n) is 9.24. The highest BCUT2D eigenvalue weighted by molar-refractivity contribution is 6.32. The van der Waals surface area contributed by atoms with Crippen LogP contribution in [0.2, 0.25) is 5.02 Å². The lowest BCUT2D eigenvalue weighted by molar-refractivity contribution is -0.137. The molecule has 1 saturated carbocycles. The zero-order valence-electron chi connectivity index (χ0n) is 22.4. The molecule has 5 heterocycles. The Bertz CT molecular complexity index is 1590. The number of ether oxygens (including phenoxy) is 1. The van der Waals surface area contributed by atoms with Crippen molar-refractivity contribution in [1.29, 1.82) is 0 Å². The van der Waals surface area contributed by atoms with Crippen molar-refractivity contribution in [2.24, 2.45) is 5.92 Å². The Kier molecular flexibility index (Phi) is 6.27. The van der Waals surface area contributed by atoms with Crippen LogP contribution in [0.4, 0.5) is 33.5 Å². The van der Waals surface area contributed by atoms with Gasteiger partial charge < -0.3 is 20.5 Å². The highest BCUT2D eigenvalue weighted by atomic mass is 35.5. The number of benzene rings is 1. The maximum atomic E-state index is 16.3. The fourth-order valence-electron chi connectivity index (χ4n) is 7.10. The van der Waals surface area contributed by atoms with Crippen LogP contribution in [0, 0.1) is 11.7 Å². The molecule has 3 aromatic rings. The topological polar surface area (TPSA) is 101 Å². The number of halogens is 6. The van der Waals surface area contributed by atoms with E-state index in [4.69, 9.17) is 22.1 Å². The molecule has 0 bridgehead atoms. The summed E-state index contributed by atoms with van der Waals surface area (Å²) in [7, 11) is 0. The van der Waals surface area contributed by atoms with Crippen molar-refractivity contribution in [3.8, 4) is 17.3 Å². The molecule has 4 atom stereocenters. The van der Waals surface area contributed by atoms with Gasteiger partial charge in [-0.1, -0.05) is 11.6 Å². The van der Waals surface area contributed by atoms with Crippen LogP contribution in [-0.4, -0.2) is 75.1 Å². The first kappa shape index (κ1) is 27.8. The number of anilines is 2. The summed E-state index contributed by atoms with van der Waals surface area (Å²) in [6, 6.07) is 1.73. The molecule has 7 rings (SSSR count). The normalized spacial score (nSPS) is 29.2. The molecule has 3 N–H and O–H groups in total. The average Bonchev–Trinajstić information content (AvgIpc) is 3.29. The second-order valence-corrected chi connectivity index (χ2v) is 12.4. The number of piperidine rings is 1. The van der Waals surface area contributed by atoms with Crippen LogP contribution in [0.1, 0.15) is 37.7 Å². The minimum Gasteiger partial charge on any atom is -0.461 e. The fraction of sp³-hybridized carbons (Fsp3) is 0.536. The van der Waals surface area contributed by atoms with Crippen LogP contribution in [0.5, 0.6) is 6.01 Å². The monoisotopic (exact) mass is 610 g/mol. The summed E-state index contributed by atoms with van der Waals surface area (Å²) in [6.07, 6.45) is -1.43. The van der Waals surface area contributed by atoms with Crippen molar-refractivity contribution >= 4 is 34.0 Å². The lowest BCUT2D eigenvalue weighted by Crippen LogP contribution is -2.43. The quantitative estimate of drug-likeness (QED) is 0.308. The zero-order chi connectivity index (χ0) is 29.6. The van der Waals surface area contributed by atoms with Crippen LogP contribution in [0.15, 0.2) is 18.3 Å². The van der Waals surface area contributed by atoms with E-state index in [9.17, 15) is 22.7 Å². The van der Waals surface area contributed by atoms with E-state index in [1.807, 2.05) is 0 Å². The van der Waals surface area contributed by atoms with Gasteiger partial charge in [-0.05, 0) is 50.3 Å². The number of hydrogen-bond donors (Lipinski definition) is 2. The molecular formula is C28H28ClF5N6O2. The number of fused-ring (bicyclic) bond motifs is 3. The minimum absolute atomic E-state index is 0.0764. The van der Waals surface area contributed by atoms with Gasteiger partial charge in [-0.15, -0.1) is 0 Å². The van der Waals surface area contributed by atoms with E-state index >= 15 is 4.39 Å². The van der Waals surface area contributed by atoms with E-state index < -0.39 is 51.1 Å². The minimum atomic E-state index is -4.92. The van der Waals surface area contributed by atoms with Crippen molar-refractivity contribution in [3.05, 3.63) is 34.7 Å². The molecule has 2 aromatic heterocycles. The van der Waals surface area contributed by atoms with Gasteiger partial charge in [0, 0.05) is 43.5 Å². The predicted octanol–water partition coefficient (Wildman–Crippen LogP) is 5.00. The number of aromatic nitrogens is 3. The highest BCUT2D eigenvalue weighted by Crippen LogP contribution is 2.50. The van der Waals surface area contributed by atoms with Gasteiger partial charge in [0.2, 0.25) is 0 Å². The van der Waals surface area contributed by atoms with Crippen LogP contribution < -0.4 is 15.4 Å². The smallest absolute Gasteiger partial charge is 0.418 e. The number of nitrogens with zero attached hydrogens (tertiary/aromatic N) is 5. The standard InChI is InChI=1S/C28H28ClF5N6O2/c29-19-7-16(35)6-17(20(19)28(32,33)34)22-21(31)23-18(10-36-22)24(39-5-2-14-8-27(14,41)12-39)38-25(37-23)42-13-26-3-1-4-40(26)11-15(30)9-26/h6-7,10,14-15,41H,1-5,8-9,11-13,35H2/t14?,15-,26+,27?/m1/s1. The Morgan fingerprint density at radius 1 is 1.19 bits per heavy atom. The number of rotatable bonds is 5. The van der Waals surface area contributed by atoms with Gasteiger partial charge >= 0.3 is 12.2 Å². The van der Waals surface area contributed by atoms with Crippen molar-refractivity contribution in [1.82, 2.24) is 19.9 Å². The van der Waals surface area contributed by atoms with E-state index in [1.54, 1.807) is 4.90 Å². The molecule has 4 aliphatic rings. The van der Waals surface area contributed by atoms with Crippen LogP contribution >= 0.6 is 11.6 Å². The van der Waals surface area contributed by atoms with E-state index in [-0.39, 0.29) is 47.5 Å². The summed E-state index contributed by atoms with van der Waals surface area (Å²) < 4.78 is 78.7. The third kappa shape index (κ3) is 4.51. The molecular weight excluding hydrogens is 583 g/mol. The average molecular weight is 611 g/mol. The maximum absolute atomic E-state index is 16.3. The second kappa shape index (κ2) is 9.48. The van der Waals surface area contributed by atoms with E-state index in [0.717, 1.165) is 31.5 Å². The maximum Gasteiger partial charge on any atom is 0.418 e. The molecule has 224 valence electrons. The molecule has 0 radical (unpaired) electrons. The number of aliphatic hydroxyl groups is 1. The Balaban J connectivity index is 1.35. The molecule has 4 fully saturated rings. The van der Waals surface area contributed by atoms with Crippen LogP contribution in [0.25, 0.3) is 22.2 Å². The number of hydrogen-bond acceptors (Lipinski definition) is 8. The second-order valence-electron chi connectivity index (χ2n) is 12.0. The lowest BCUT2D eigenvalue weighted by atomic mass is 9.95. The first-order valence-corrected chi connectivity index (χ1v) is 14.3. The van der Waals surface area contributed by atoms with E-state index in [2.05, 4.69) is 19.9 Å². The largest absolute Gasteiger partial charge is 0.461 e. The predicted molar refractivity (Wildman–Crippen MR) is 146 cm³/mol. The van der Waals surface area contributed by atoms with Crippen LogP contribution in [0.3, 0.4) is 0 Å². The van der Waals surface area contributed by atoms with Crippen molar-refractivity contribution in [2.45, 2.75) is 55.6 Å². The Morgan fingerprint density at radius 3 is 2.76 bits per heavy atom. The molecule has 0 spiro atoms. The fourth-order valence-corrected chi connectivity index (χ4v) is 7.43. The van der Waals surface area contributed by atoms with Gasteiger partial charge in [-0.3, -0.25) is 9.88 Å². The summed E-state index contributed by atoms with van der Waals surface area (Å²) in [5.74, 6) is -0.695. The Morgan fingerprint density at radius 2 is 2.00 bits per heavy atom. The number of nitrogens with two attached hydrogens (primary N) is 1. The molecule has 1 aliphatic carbocycles. The molecule has 8 nitrogen and oxygen atoms in total. The van der Waals surface area contributed by atoms with Crippen molar-refractivity contribution < 1.29 is 31.8 Å². The van der Waals surface area contributed by atoms with Gasteiger partial charge in [0.15, 0.2) is 5.82 Å². The van der Waals surface area contributed by atoms with Gasteiger partial charge in [0.05, 0.1) is 27.1 Å². The lowest BCUT2D eigenvalue weighted by Gasteiger charge is -2.32. The van der Waals surface area contributed by atoms with Crippen molar-refractivity contribution in [3.63, 3.8) is 0 Å². The first-order chi connectivity index (χ1) is 19.9. The molecule has 2 unspecified atom stereocenters. The van der Waals surface area contributed by atoms with Crippen LogP contribution in [-0.2, 0) is 6.18 Å². The van der Waals surface area contributed by atoms with E-state index in [1.165, 1.54) is 6.20 Å². The van der Waals surface area contributed by atoms with Crippen molar-refractivity contribution in [2.75, 3.05) is 43.4 Å². The van der Waals surface area contributed by atoms with E-state index in [0.29, 0.717) is 32.4 Å². The number of β-amino-alcohol motifs (C(OH)–C–C–N with tert-alkyl or cyclic N) is 1. The summed E-state index contributed by atoms with van der Waals surface area (Å²) in [6.45, 7) is 1.90. The van der Waals surface area contributed by atoms with Gasteiger partial charge in [0.1, 0.15) is 29.8 Å². The number of nitrogen functional groups attached to an aromatic ring is 1. The molecule has 3 saturated heterocycles. The van der Waals surface area contributed by atoms with Gasteiger partial charge in [0.25, 0.3) is 0 Å². The SMILES string of the molecule is Nc1cc(Cl)c(C(F)(F)F)c(-c2ncc3c(N4CCC5CC5(O)C4)nc(OC[C@@]45CCCN4C[C@H](F)C5)nc3c2F)c1. The molecule has 1 aromatic carbocycles. The zero-order valence-corrected chi connectivity index (χ0v) is 23.2. The number of pyridine rings is 1.